The molecule has 0 aromatic heterocycles. The molecule has 0 bridgehead atoms. The van der Waals surface area contributed by atoms with Crippen molar-refractivity contribution in [3.05, 3.63) is 34.3 Å². The first kappa shape index (κ1) is 18.7. The predicted octanol–water partition coefficient (Wildman–Crippen LogP) is 2.77. The van der Waals surface area contributed by atoms with Crippen molar-refractivity contribution in [2.45, 2.75) is 37.1 Å². The molecule has 1 unspecified atom stereocenters. The molecule has 1 amide bonds. The van der Waals surface area contributed by atoms with E-state index in [1.54, 1.807) is 0 Å². The quantitative estimate of drug-likeness (QED) is 0.794. The van der Waals surface area contributed by atoms with Gasteiger partial charge in [-0.15, -0.1) is 12.4 Å². The zero-order chi connectivity index (χ0) is 15.6. The Morgan fingerprint density at radius 3 is 2.70 bits per heavy atom. The fourth-order valence-electron chi connectivity index (χ4n) is 3.20. The molecule has 1 aromatic rings. The van der Waals surface area contributed by atoms with Gasteiger partial charge in [-0.05, 0) is 49.3 Å². The molecule has 1 aromatic carbocycles. The zero-order valence-electron chi connectivity index (χ0n) is 13.1. The summed E-state index contributed by atoms with van der Waals surface area (Å²) < 4.78 is 6.42. The minimum Gasteiger partial charge on any atom is -0.381 e. The van der Waals surface area contributed by atoms with Gasteiger partial charge in [-0.2, -0.15) is 0 Å². The van der Waals surface area contributed by atoms with Gasteiger partial charge in [-0.3, -0.25) is 4.79 Å². The highest BCUT2D eigenvalue weighted by Crippen LogP contribution is 2.48. The van der Waals surface area contributed by atoms with Crippen molar-refractivity contribution in [3.63, 3.8) is 0 Å². The van der Waals surface area contributed by atoms with Crippen LogP contribution < -0.4 is 11.1 Å². The van der Waals surface area contributed by atoms with E-state index in [0.717, 1.165) is 30.2 Å². The maximum absolute atomic E-state index is 12.3. The van der Waals surface area contributed by atoms with E-state index in [2.05, 4.69) is 39.4 Å². The molecule has 23 heavy (non-hydrogen) atoms. The summed E-state index contributed by atoms with van der Waals surface area (Å²) in [6.07, 6.45) is 4.00. The third-order valence-electron chi connectivity index (χ3n) is 4.97. The van der Waals surface area contributed by atoms with Gasteiger partial charge in [0.2, 0.25) is 5.91 Å². The van der Waals surface area contributed by atoms with Gasteiger partial charge in [-0.25, -0.2) is 0 Å². The minimum atomic E-state index is -0.415. The lowest BCUT2D eigenvalue weighted by Gasteiger charge is -2.27. The number of nitrogens with two attached hydrogens (primary N) is 1. The third kappa shape index (κ3) is 4.47. The third-order valence-corrected chi connectivity index (χ3v) is 5.46. The van der Waals surface area contributed by atoms with Gasteiger partial charge in [-0.1, -0.05) is 28.1 Å². The van der Waals surface area contributed by atoms with E-state index in [1.807, 2.05) is 6.07 Å². The van der Waals surface area contributed by atoms with Crippen LogP contribution >= 0.6 is 28.3 Å². The summed E-state index contributed by atoms with van der Waals surface area (Å²) in [4.78, 5) is 12.3. The van der Waals surface area contributed by atoms with Crippen LogP contribution in [0.3, 0.4) is 0 Å². The van der Waals surface area contributed by atoms with Crippen molar-refractivity contribution in [2.75, 3.05) is 19.8 Å². The highest BCUT2D eigenvalue weighted by Gasteiger charge is 2.44. The topological polar surface area (TPSA) is 64.4 Å². The van der Waals surface area contributed by atoms with Gasteiger partial charge in [0, 0.05) is 29.6 Å². The number of carbonyl (C=O) groups is 1. The monoisotopic (exact) mass is 402 g/mol. The lowest BCUT2D eigenvalue weighted by atomic mass is 9.91. The highest BCUT2D eigenvalue weighted by molar-refractivity contribution is 9.10. The van der Waals surface area contributed by atoms with Crippen LogP contribution in [0, 0.1) is 5.92 Å². The molecule has 2 aliphatic rings. The van der Waals surface area contributed by atoms with Crippen molar-refractivity contribution in [3.8, 4) is 0 Å². The van der Waals surface area contributed by atoms with E-state index in [9.17, 15) is 4.79 Å². The summed E-state index contributed by atoms with van der Waals surface area (Å²) >= 11 is 3.52. The van der Waals surface area contributed by atoms with Crippen LogP contribution in [0.15, 0.2) is 28.7 Å². The molecule has 6 heteroatoms. The second kappa shape index (κ2) is 7.97. The SMILES string of the molecule is Cl.NC(C(=O)NCC1(c2cccc(Br)c2)CC1)C1CCOCC1. The summed E-state index contributed by atoms with van der Waals surface area (Å²) in [6.45, 7) is 2.11. The Morgan fingerprint density at radius 1 is 1.39 bits per heavy atom. The molecule has 0 spiro atoms. The largest absolute Gasteiger partial charge is 0.381 e. The molecular weight excluding hydrogens is 380 g/mol. The molecule has 1 aliphatic carbocycles. The van der Waals surface area contributed by atoms with Gasteiger partial charge in [0.05, 0.1) is 6.04 Å². The smallest absolute Gasteiger partial charge is 0.237 e. The molecule has 2 fully saturated rings. The Labute approximate surface area is 152 Å². The molecule has 128 valence electrons. The number of halogens is 2. The molecule has 1 heterocycles. The molecule has 1 atom stereocenters. The first-order chi connectivity index (χ1) is 10.6. The van der Waals surface area contributed by atoms with Crippen LogP contribution in [0.4, 0.5) is 0 Å². The zero-order valence-corrected chi connectivity index (χ0v) is 15.5. The highest BCUT2D eigenvalue weighted by atomic mass is 79.9. The Balaban J connectivity index is 0.00000192. The first-order valence-corrected chi connectivity index (χ1v) is 8.77. The number of carbonyl (C=O) groups excluding carboxylic acids is 1. The van der Waals surface area contributed by atoms with E-state index in [0.29, 0.717) is 19.8 Å². The number of rotatable bonds is 5. The Kier molecular flexibility index (Phi) is 6.48. The van der Waals surface area contributed by atoms with Crippen LogP contribution in [0.25, 0.3) is 0 Å². The molecule has 1 saturated carbocycles. The van der Waals surface area contributed by atoms with Crippen LogP contribution in [0.1, 0.15) is 31.2 Å². The van der Waals surface area contributed by atoms with E-state index in [1.165, 1.54) is 5.56 Å². The van der Waals surface area contributed by atoms with Crippen molar-refractivity contribution in [1.29, 1.82) is 0 Å². The summed E-state index contributed by atoms with van der Waals surface area (Å²) in [7, 11) is 0. The fourth-order valence-corrected chi connectivity index (χ4v) is 3.60. The first-order valence-electron chi connectivity index (χ1n) is 7.98. The molecule has 0 radical (unpaired) electrons. The predicted molar refractivity (Wildman–Crippen MR) is 96.8 cm³/mol. The molecule has 4 nitrogen and oxygen atoms in total. The van der Waals surface area contributed by atoms with Crippen LogP contribution in [-0.4, -0.2) is 31.7 Å². The van der Waals surface area contributed by atoms with E-state index >= 15 is 0 Å². The summed E-state index contributed by atoms with van der Waals surface area (Å²) in [5.41, 5.74) is 7.53. The molecule has 3 N–H and O–H groups in total. The fraction of sp³-hybridized carbons (Fsp3) is 0.588. The molecule has 1 saturated heterocycles. The van der Waals surface area contributed by atoms with Gasteiger partial charge in [0.15, 0.2) is 0 Å². The lowest BCUT2D eigenvalue weighted by molar-refractivity contribution is -0.124. The number of hydrogen-bond donors (Lipinski definition) is 2. The second-order valence-corrected chi connectivity index (χ2v) is 7.40. The van der Waals surface area contributed by atoms with Crippen molar-refractivity contribution >= 4 is 34.2 Å². The van der Waals surface area contributed by atoms with Crippen LogP contribution in [-0.2, 0) is 14.9 Å². The molecule has 3 rings (SSSR count). The maximum Gasteiger partial charge on any atom is 0.237 e. The molecular formula is C17H24BrClN2O2. The maximum atomic E-state index is 12.3. The Morgan fingerprint density at radius 2 is 2.09 bits per heavy atom. The Hall–Kier alpha value is -0.620. The minimum absolute atomic E-state index is 0. The van der Waals surface area contributed by atoms with Gasteiger partial charge in [0.1, 0.15) is 0 Å². The number of nitrogens with one attached hydrogen (secondary N) is 1. The van der Waals surface area contributed by atoms with Crippen molar-refractivity contribution < 1.29 is 9.53 Å². The standard InChI is InChI=1S/C17H23BrN2O2.ClH/c18-14-3-1-2-13(10-14)17(6-7-17)11-20-16(21)15(19)12-4-8-22-9-5-12;/h1-3,10,12,15H,4-9,11,19H2,(H,20,21);1H. The van der Waals surface area contributed by atoms with Gasteiger partial charge >= 0.3 is 0 Å². The van der Waals surface area contributed by atoms with Crippen LogP contribution in [0.2, 0.25) is 0 Å². The average molecular weight is 404 g/mol. The summed E-state index contributed by atoms with van der Waals surface area (Å²) in [6, 6.07) is 7.95. The average Bonchev–Trinajstić information content (AvgIpc) is 3.34. The van der Waals surface area contributed by atoms with E-state index < -0.39 is 6.04 Å². The van der Waals surface area contributed by atoms with Crippen molar-refractivity contribution in [2.24, 2.45) is 11.7 Å². The van der Waals surface area contributed by atoms with Crippen LogP contribution in [0.5, 0.6) is 0 Å². The van der Waals surface area contributed by atoms with Gasteiger partial charge in [0.25, 0.3) is 0 Å². The number of hydrogen-bond acceptors (Lipinski definition) is 3. The van der Waals surface area contributed by atoms with Gasteiger partial charge < -0.3 is 15.8 Å². The second-order valence-electron chi connectivity index (χ2n) is 6.48. The normalized spacial score (nSPS) is 21.1. The summed E-state index contributed by atoms with van der Waals surface area (Å²) in [5, 5.41) is 3.08. The number of amides is 1. The Bertz CT molecular complexity index is 545. The molecule has 1 aliphatic heterocycles. The van der Waals surface area contributed by atoms with E-state index in [4.69, 9.17) is 10.5 Å². The van der Waals surface area contributed by atoms with Crippen molar-refractivity contribution in [1.82, 2.24) is 5.32 Å². The number of benzene rings is 1. The lowest BCUT2D eigenvalue weighted by Crippen LogP contribution is -2.48. The van der Waals surface area contributed by atoms with E-state index in [-0.39, 0.29) is 29.6 Å². The summed E-state index contributed by atoms with van der Waals surface area (Å²) in [5.74, 6) is 0.225. The number of ether oxygens (including phenoxy) is 1.